The van der Waals surface area contributed by atoms with Crippen molar-refractivity contribution in [2.75, 3.05) is 0 Å². The van der Waals surface area contributed by atoms with Crippen molar-refractivity contribution >= 4 is 0 Å². The van der Waals surface area contributed by atoms with Crippen molar-refractivity contribution in [3.05, 3.63) is 121 Å². The van der Waals surface area contributed by atoms with Crippen molar-refractivity contribution < 1.29 is 39.9 Å². The second-order valence-corrected chi connectivity index (χ2v) is 5.25. The molecule has 0 aliphatic heterocycles. The molecule has 0 aliphatic rings. The van der Waals surface area contributed by atoms with E-state index in [2.05, 4.69) is 0 Å². The van der Waals surface area contributed by atoms with E-state index in [9.17, 15) is 20.4 Å². The van der Waals surface area contributed by atoms with Crippen molar-refractivity contribution in [2.45, 2.75) is 0 Å². The van der Waals surface area contributed by atoms with Crippen molar-refractivity contribution in [3.8, 4) is 23.0 Å². The average molecular weight is 473 g/mol. The van der Waals surface area contributed by atoms with Crippen LogP contribution in [0.1, 0.15) is 0 Å². The monoisotopic (exact) mass is 474 g/mol. The van der Waals surface area contributed by atoms with E-state index in [1.165, 1.54) is 48.5 Å². The summed E-state index contributed by atoms with van der Waals surface area (Å²) >= 11 is 0. The second-order valence-electron chi connectivity index (χ2n) is 5.25. The molecule has 0 bridgehead atoms. The number of hydrogen-bond acceptors (Lipinski definition) is 4. The molecular formula is C24H20O4Ru. The van der Waals surface area contributed by atoms with E-state index in [1.54, 1.807) is 48.5 Å². The Hall–Kier alpha value is -3.30. The summed E-state index contributed by atoms with van der Waals surface area (Å²) in [5.74, 6) is 0.287. The standard InChI is InChI=1S/4C6H6O.Ru/c4*7-6-4-2-1-3-5-6;/h4*1-5,7H;/q;;;;+4/p-4. The Labute approximate surface area is 184 Å². The van der Waals surface area contributed by atoms with Crippen LogP contribution in [-0.4, -0.2) is 0 Å². The molecule has 0 saturated heterocycles. The Balaban J connectivity index is 0.000000356. The van der Waals surface area contributed by atoms with E-state index in [1.807, 2.05) is 24.3 Å². The van der Waals surface area contributed by atoms with Crippen LogP contribution in [0.3, 0.4) is 0 Å². The molecule has 148 valence electrons. The van der Waals surface area contributed by atoms with Crippen LogP contribution in [0.25, 0.3) is 0 Å². The summed E-state index contributed by atoms with van der Waals surface area (Å²) in [6, 6.07) is 33.3. The van der Waals surface area contributed by atoms with Gasteiger partial charge in [0.15, 0.2) is 0 Å². The summed E-state index contributed by atoms with van der Waals surface area (Å²) in [7, 11) is 0. The van der Waals surface area contributed by atoms with E-state index in [-0.39, 0.29) is 42.5 Å². The van der Waals surface area contributed by atoms with Crippen molar-refractivity contribution in [1.82, 2.24) is 0 Å². The molecule has 0 saturated carbocycles. The summed E-state index contributed by atoms with van der Waals surface area (Å²) < 4.78 is 0. The van der Waals surface area contributed by atoms with Gasteiger partial charge in [0.05, 0.1) is 0 Å². The molecule has 0 spiro atoms. The molecule has 29 heavy (non-hydrogen) atoms. The molecule has 0 aliphatic carbocycles. The molecule has 0 fully saturated rings. The first-order valence-electron chi connectivity index (χ1n) is 8.46. The van der Waals surface area contributed by atoms with Crippen LogP contribution in [0.5, 0.6) is 23.0 Å². The number of rotatable bonds is 0. The molecule has 4 rings (SSSR count). The minimum absolute atomic E-state index is 0. The second kappa shape index (κ2) is 16.8. The van der Waals surface area contributed by atoms with Crippen LogP contribution in [0, 0.1) is 0 Å². The average Bonchev–Trinajstić information content (AvgIpc) is 2.72. The van der Waals surface area contributed by atoms with Crippen LogP contribution in [0.4, 0.5) is 0 Å². The molecule has 0 N–H and O–H groups in total. The zero-order valence-corrected chi connectivity index (χ0v) is 17.3. The smallest absolute Gasteiger partial charge is 0.872 e. The molecule has 0 unspecified atom stereocenters. The van der Waals surface area contributed by atoms with Crippen LogP contribution in [0.15, 0.2) is 121 Å². The van der Waals surface area contributed by atoms with Crippen molar-refractivity contribution in [3.63, 3.8) is 0 Å². The molecule has 4 nitrogen and oxygen atoms in total. The van der Waals surface area contributed by atoms with Crippen molar-refractivity contribution in [2.24, 2.45) is 0 Å². The van der Waals surface area contributed by atoms with Gasteiger partial charge in [-0.3, -0.25) is 0 Å². The third-order valence-corrected chi connectivity index (χ3v) is 2.97. The first kappa shape index (κ1) is 25.7. The van der Waals surface area contributed by atoms with Gasteiger partial charge in [-0.15, -0.1) is 23.0 Å². The predicted molar refractivity (Wildman–Crippen MR) is 104 cm³/mol. The fourth-order valence-electron chi connectivity index (χ4n) is 1.68. The Morgan fingerprint density at radius 2 is 0.414 bits per heavy atom. The third-order valence-electron chi connectivity index (χ3n) is 2.97. The maximum Gasteiger partial charge on any atom is 4.00 e. The molecule has 4 aromatic rings. The molecule has 0 radical (unpaired) electrons. The van der Waals surface area contributed by atoms with E-state index in [0.29, 0.717) is 0 Å². The van der Waals surface area contributed by atoms with Gasteiger partial charge in [0.2, 0.25) is 0 Å². The summed E-state index contributed by atoms with van der Waals surface area (Å²) in [5.41, 5.74) is 0. The Morgan fingerprint density at radius 1 is 0.276 bits per heavy atom. The van der Waals surface area contributed by atoms with Gasteiger partial charge >= 0.3 is 19.5 Å². The van der Waals surface area contributed by atoms with E-state index in [4.69, 9.17) is 0 Å². The first-order chi connectivity index (χ1) is 13.6. The van der Waals surface area contributed by atoms with E-state index in [0.717, 1.165) is 0 Å². The van der Waals surface area contributed by atoms with Crippen LogP contribution in [0.2, 0.25) is 0 Å². The fourth-order valence-corrected chi connectivity index (χ4v) is 1.68. The fraction of sp³-hybridized carbons (Fsp3) is 0. The zero-order chi connectivity index (χ0) is 20.5. The summed E-state index contributed by atoms with van der Waals surface area (Å²) in [5, 5.41) is 41.1. The van der Waals surface area contributed by atoms with Gasteiger partial charge in [0.1, 0.15) is 0 Å². The zero-order valence-electron chi connectivity index (χ0n) is 15.5. The number of para-hydroxylation sites is 4. The normalized spacial score (nSPS) is 8.28. The van der Waals surface area contributed by atoms with E-state index >= 15 is 0 Å². The number of hydrogen-bond donors (Lipinski definition) is 0. The predicted octanol–water partition coefficient (Wildman–Crippen LogP) is 3.04. The molecule has 0 heterocycles. The molecule has 0 amide bonds. The van der Waals surface area contributed by atoms with E-state index < -0.39 is 0 Å². The maximum absolute atomic E-state index is 10.3. The van der Waals surface area contributed by atoms with Crippen molar-refractivity contribution in [1.29, 1.82) is 0 Å². The first-order valence-corrected chi connectivity index (χ1v) is 8.46. The van der Waals surface area contributed by atoms with Gasteiger partial charge in [-0.1, -0.05) is 121 Å². The van der Waals surface area contributed by atoms with Gasteiger partial charge in [-0.25, -0.2) is 0 Å². The SMILES string of the molecule is [O-]c1ccccc1.[O-]c1ccccc1.[O-]c1ccccc1.[O-]c1ccccc1.[Ru+4]. The van der Waals surface area contributed by atoms with Gasteiger partial charge < -0.3 is 20.4 Å². The third kappa shape index (κ3) is 15.5. The Morgan fingerprint density at radius 3 is 0.483 bits per heavy atom. The Bertz CT molecular complexity index is 693. The summed E-state index contributed by atoms with van der Waals surface area (Å²) in [6.45, 7) is 0. The topological polar surface area (TPSA) is 92.2 Å². The van der Waals surface area contributed by atoms with Gasteiger partial charge in [0, 0.05) is 0 Å². The van der Waals surface area contributed by atoms with Gasteiger partial charge in [-0.2, -0.15) is 0 Å². The van der Waals surface area contributed by atoms with Gasteiger partial charge in [0.25, 0.3) is 0 Å². The molecule has 4 aromatic carbocycles. The minimum Gasteiger partial charge on any atom is -0.872 e. The molecule has 5 heteroatoms. The van der Waals surface area contributed by atoms with Crippen LogP contribution < -0.4 is 20.4 Å². The molecular weight excluding hydrogens is 453 g/mol. The van der Waals surface area contributed by atoms with Crippen LogP contribution in [-0.2, 0) is 19.5 Å². The van der Waals surface area contributed by atoms with Crippen LogP contribution >= 0.6 is 0 Å². The minimum atomic E-state index is 0. The quantitative estimate of drug-likeness (QED) is 0.367. The Kier molecular flexibility index (Phi) is 14.9. The largest absolute Gasteiger partial charge is 4.00 e. The molecule has 0 aromatic heterocycles. The van der Waals surface area contributed by atoms with Gasteiger partial charge in [-0.05, 0) is 0 Å². The summed E-state index contributed by atoms with van der Waals surface area (Å²) in [6.07, 6.45) is 0. The maximum atomic E-state index is 10.3. The number of benzene rings is 4. The summed E-state index contributed by atoms with van der Waals surface area (Å²) in [4.78, 5) is 0. The molecule has 0 atom stereocenters.